The minimum absolute atomic E-state index is 0.0625. The Hall–Kier alpha value is -3.47. The number of halogens is 4. The van der Waals surface area contributed by atoms with Gasteiger partial charge in [0.2, 0.25) is 0 Å². The zero-order chi connectivity index (χ0) is 23.2. The third-order valence-corrected chi connectivity index (χ3v) is 5.86. The van der Waals surface area contributed by atoms with Crippen molar-refractivity contribution < 1.29 is 17.6 Å². The van der Waals surface area contributed by atoms with E-state index in [4.69, 9.17) is 0 Å². The number of anilines is 1. The normalized spacial score (nSPS) is 17.7. The lowest BCUT2D eigenvalue weighted by molar-refractivity contribution is -0.137. The molecule has 0 spiro atoms. The van der Waals surface area contributed by atoms with Gasteiger partial charge >= 0.3 is 6.18 Å². The predicted octanol–water partition coefficient (Wildman–Crippen LogP) is 4.22. The summed E-state index contributed by atoms with van der Waals surface area (Å²) in [5.74, 6) is 0.748. The second-order valence-electron chi connectivity index (χ2n) is 8.19. The van der Waals surface area contributed by atoms with Crippen LogP contribution in [0.25, 0.3) is 22.6 Å². The van der Waals surface area contributed by atoms with Gasteiger partial charge in [-0.1, -0.05) is 0 Å². The van der Waals surface area contributed by atoms with E-state index in [1.54, 1.807) is 6.07 Å². The summed E-state index contributed by atoms with van der Waals surface area (Å²) in [7, 11) is 0. The van der Waals surface area contributed by atoms with E-state index in [1.165, 1.54) is 18.2 Å². The van der Waals surface area contributed by atoms with Crippen LogP contribution in [0.1, 0.15) is 18.1 Å². The highest BCUT2D eigenvalue weighted by molar-refractivity contribution is 5.79. The monoisotopic (exact) mass is 459 g/mol. The molecule has 0 bridgehead atoms. The third-order valence-electron chi connectivity index (χ3n) is 5.86. The average molecular weight is 459 g/mol. The molecule has 7 nitrogen and oxygen atoms in total. The van der Waals surface area contributed by atoms with Crippen molar-refractivity contribution in [1.29, 1.82) is 0 Å². The first-order chi connectivity index (χ1) is 15.8. The Morgan fingerprint density at radius 3 is 2.73 bits per heavy atom. The summed E-state index contributed by atoms with van der Waals surface area (Å²) >= 11 is 0. The van der Waals surface area contributed by atoms with Gasteiger partial charge in [-0.05, 0) is 31.2 Å². The minimum Gasteiger partial charge on any atom is -0.351 e. The Labute approximate surface area is 186 Å². The van der Waals surface area contributed by atoms with Crippen molar-refractivity contribution in [1.82, 2.24) is 30.0 Å². The molecule has 3 aromatic heterocycles. The molecule has 11 heteroatoms. The van der Waals surface area contributed by atoms with Gasteiger partial charge < -0.3 is 9.88 Å². The molecule has 0 amide bonds. The second kappa shape index (κ2) is 8.14. The van der Waals surface area contributed by atoms with Crippen LogP contribution in [-0.4, -0.2) is 55.7 Å². The van der Waals surface area contributed by atoms with Crippen LogP contribution in [-0.2, 0) is 12.7 Å². The number of hydrogen-bond donors (Lipinski definition) is 2. The molecule has 0 aliphatic carbocycles. The van der Waals surface area contributed by atoms with Gasteiger partial charge in [-0.3, -0.25) is 10.00 Å². The van der Waals surface area contributed by atoms with E-state index >= 15 is 0 Å². The molecule has 1 unspecified atom stereocenters. The molecular formula is C22H21F4N7. The highest BCUT2D eigenvalue weighted by Crippen LogP contribution is 2.30. The van der Waals surface area contributed by atoms with Gasteiger partial charge in [-0.2, -0.15) is 18.3 Å². The SMILES string of the molecule is CC1CN(Cc2c[nH]nc2-c2nc3cc(F)ccc3[nH]2)CCN1c1ccc(C(F)(F)F)cn1. The maximum absolute atomic E-state index is 13.5. The second-order valence-corrected chi connectivity index (χ2v) is 8.19. The standard InChI is InChI=1S/C22H21F4N7/c1-13-11-32(6-7-33(13)19-5-2-15(10-27-19)22(24,25)26)12-14-9-28-31-20(14)21-29-17-4-3-16(23)8-18(17)30-21/h2-5,8-10,13H,6-7,11-12H2,1H3,(H,28,31)(H,29,30). The number of fused-ring (bicyclic) bond motifs is 1. The van der Waals surface area contributed by atoms with Crippen molar-refractivity contribution in [2.45, 2.75) is 25.7 Å². The quantitative estimate of drug-likeness (QED) is 0.447. The first-order valence-electron chi connectivity index (χ1n) is 10.5. The molecule has 2 N–H and O–H groups in total. The summed E-state index contributed by atoms with van der Waals surface area (Å²) < 4.78 is 51.9. The van der Waals surface area contributed by atoms with E-state index in [1.807, 2.05) is 18.0 Å². The van der Waals surface area contributed by atoms with Crippen LogP contribution < -0.4 is 4.90 Å². The molecule has 4 heterocycles. The Bertz CT molecular complexity index is 1260. The van der Waals surface area contributed by atoms with E-state index in [2.05, 4.69) is 30.0 Å². The minimum atomic E-state index is -4.40. The van der Waals surface area contributed by atoms with Gasteiger partial charge in [0.25, 0.3) is 0 Å². The Morgan fingerprint density at radius 1 is 1.15 bits per heavy atom. The number of nitrogens with zero attached hydrogens (tertiary/aromatic N) is 5. The summed E-state index contributed by atoms with van der Waals surface area (Å²) in [5, 5.41) is 7.21. The number of aromatic amines is 2. The molecule has 4 aromatic rings. The predicted molar refractivity (Wildman–Crippen MR) is 115 cm³/mol. The average Bonchev–Trinajstić information content (AvgIpc) is 3.39. The molecule has 1 saturated heterocycles. The summed E-state index contributed by atoms with van der Waals surface area (Å²) in [6, 6.07) is 6.95. The number of benzene rings is 1. The van der Waals surface area contributed by atoms with Gasteiger partial charge in [-0.15, -0.1) is 0 Å². The topological polar surface area (TPSA) is 76.7 Å². The van der Waals surface area contributed by atoms with Crippen LogP contribution in [0.15, 0.2) is 42.7 Å². The molecule has 1 aliphatic heterocycles. The number of piperazine rings is 1. The summed E-state index contributed by atoms with van der Waals surface area (Å²) in [5.41, 5.74) is 2.13. The van der Waals surface area contributed by atoms with E-state index in [9.17, 15) is 17.6 Å². The van der Waals surface area contributed by atoms with Crippen LogP contribution in [0.3, 0.4) is 0 Å². The fourth-order valence-electron chi connectivity index (χ4n) is 4.21. The number of aromatic nitrogens is 5. The van der Waals surface area contributed by atoms with Gasteiger partial charge in [0.1, 0.15) is 17.3 Å². The van der Waals surface area contributed by atoms with E-state index < -0.39 is 11.7 Å². The highest BCUT2D eigenvalue weighted by Gasteiger charge is 2.32. The molecule has 0 saturated carbocycles. The lowest BCUT2D eigenvalue weighted by atomic mass is 10.1. The van der Waals surface area contributed by atoms with Gasteiger partial charge in [0.15, 0.2) is 5.82 Å². The van der Waals surface area contributed by atoms with E-state index in [0.717, 1.165) is 23.3 Å². The number of nitrogens with one attached hydrogen (secondary N) is 2. The largest absolute Gasteiger partial charge is 0.417 e. The van der Waals surface area contributed by atoms with Crippen LogP contribution in [0.2, 0.25) is 0 Å². The molecule has 0 radical (unpaired) electrons. The van der Waals surface area contributed by atoms with E-state index in [-0.39, 0.29) is 11.9 Å². The van der Waals surface area contributed by atoms with Crippen LogP contribution in [0.5, 0.6) is 0 Å². The summed E-state index contributed by atoms with van der Waals surface area (Å²) in [6.07, 6.45) is -1.70. The summed E-state index contributed by atoms with van der Waals surface area (Å²) in [6.45, 7) is 4.70. The Morgan fingerprint density at radius 2 is 2.00 bits per heavy atom. The van der Waals surface area contributed by atoms with Crippen molar-refractivity contribution in [3.8, 4) is 11.5 Å². The number of imidazole rings is 1. The zero-order valence-corrected chi connectivity index (χ0v) is 17.7. The molecule has 1 atom stereocenters. The molecular weight excluding hydrogens is 438 g/mol. The molecule has 172 valence electrons. The van der Waals surface area contributed by atoms with Gasteiger partial charge in [0, 0.05) is 56.2 Å². The van der Waals surface area contributed by atoms with Crippen molar-refractivity contribution in [2.24, 2.45) is 0 Å². The van der Waals surface area contributed by atoms with Crippen molar-refractivity contribution in [3.05, 3.63) is 59.7 Å². The fourth-order valence-corrected chi connectivity index (χ4v) is 4.21. The number of rotatable bonds is 4. The maximum Gasteiger partial charge on any atom is 0.417 e. The lowest BCUT2D eigenvalue weighted by Crippen LogP contribution is -2.51. The first-order valence-corrected chi connectivity index (χ1v) is 10.5. The molecule has 1 fully saturated rings. The first kappa shape index (κ1) is 21.4. The molecule has 1 aliphatic rings. The lowest BCUT2D eigenvalue weighted by Gasteiger charge is -2.40. The van der Waals surface area contributed by atoms with Crippen LogP contribution >= 0.6 is 0 Å². The number of hydrogen-bond acceptors (Lipinski definition) is 5. The molecule has 5 rings (SSSR count). The zero-order valence-electron chi connectivity index (χ0n) is 17.7. The Balaban J connectivity index is 1.28. The van der Waals surface area contributed by atoms with Crippen molar-refractivity contribution in [2.75, 3.05) is 24.5 Å². The summed E-state index contributed by atoms with van der Waals surface area (Å²) in [4.78, 5) is 15.9. The van der Waals surface area contributed by atoms with E-state index in [0.29, 0.717) is 49.0 Å². The highest BCUT2D eigenvalue weighted by atomic mass is 19.4. The fraction of sp³-hybridized carbons (Fsp3) is 0.318. The van der Waals surface area contributed by atoms with Crippen molar-refractivity contribution >= 4 is 16.9 Å². The Kier molecular flexibility index (Phi) is 5.28. The molecule has 33 heavy (non-hydrogen) atoms. The van der Waals surface area contributed by atoms with Crippen LogP contribution in [0, 0.1) is 5.82 Å². The number of pyridine rings is 1. The van der Waals surface area contributed by atoms with Crippen LogP contribution in [0.4, 0.5) is 23.4 Å². The molecule has 1 aromatic carbocycles. The van der Waals surface area contributed by atoms with Crippen molar-refractivity contribution in [3.63, 3.8) is 0 Å². The number of alkyl halides is 3. The smallest absolute Gasteiger partial charge is 0.351 e. The van der Waals surface area contributed by atoms with Gasteiger partial charge in [-0.25, -0.2) is 14.4 Å². The maximum atomic E-state index is 13.5. The third kappa shape index (κ3) is 4.28. The van der Waals surface area contributed by atoms with Gasteiger partial charge in [0.05, 0.1) is 16.6 Å². The number of H-pyrrole nitrogens is 2.